The van der Waals surface area contributed by atoms with Gasteiger partial charge in [0.15, 0.2) is 0 Å². The van der Waals surface area contributed by atoms with E-state index in [2.05, 4.69) is 16.0 Å². The van der Waals surface area contributed by atoms with E-state index >= 15 is 0 Å². The molecule has 0 radical (unpaired) electrons. The van der Waals surface area contributed by atoms with Crippen LogP contribution >= 0.6 is 0 Å². The number of amides is 4. The van der Waals surface area contributed by atoms with E-state index in [9.17, 15) is 29.1 Å². The van der Waals surface area contributed by atoms with E-state index < -0.39 is 54.3 Å². The molecular weight excluding hydrogens is 444 g/mol. The van der Waals surface area contributed by atoms with Crippen LogP contribution in [0.1, 0.15) is 37.7 Å². The maximum absolute atomic E-state index is 12.6. The van der Waals surface area contributed by atoms with E-state index in [0.717, 1.165) is 5.56 Å². The molecule has 4 amide bonds. The number of aliphatic carboxylic acids is 1. The maximum atomic E-state index is 12.6. The molecule has 0 saturated carbocycles. The second kappa shape index (κ2) is 15.3. The molecule has 34 heavy (non-hydrogen) atoms. The Bertz CT molecular complexity index is 834. The lowest BCUT2D eigenvalue weighted by Gasteiger charge is -2.21. The van der Waals surface area contributed by atoms with Gasteiger partial charge < -0.3 is 38.3 Å². The van der Waals surface area contributed by atoms with Crippen molar-refractivity contribution in [3.8, 4) is 0 Å². The van der Waals surface area contributed by atoms with E-state index in [4.69, 9.17) is 17.2 Å². The van der Waals surface area contributed by atoms with Crippen LogP contribution in [0.15, 0.2) is 30.3 Å². The van der Waals surface area contributed by atoms with Gasteiger partial charge in [-0.2, -0.15) is 0 Å². The summed E-state index contributed by atoms with van der Waals surface area (Å²) in [6, 6.07) is 5.90. The highest BCUT2D eigenvalue weighted by Crippen LogP contribution is 2.05. The molecule has 0 aromatic heterocycles. The zero-order valence-corrected chi connectivity index (χ0v) is 19.0. The quantitative estimate of drug-likeness (QED) is 0.133. The number of carbonyl (C=O) groups is 5. The fraction of sp³-hybridized carbons (Fsp3) is 0.500. The smallest absolute Gasteiger partial charge is 0.326 e. The van der Waals surface area contributed by atoms with Crippen LogP contribution in [0.5, 0.6) is 0 Å². The zero-order chi connectivity index (χ0) is 25.5. The molecular formula is C22H34N6O6. The number of nitrogens with two attached hydrogens (primary N) is 3. The van der Waals surface area contributed by atoms with Crippen molar-refractivity contribution < 1.29 is 29.1 Å². The van der Waals surface area contributed by atoms with Gasteiger partial charge >= 0.3 is 5.97 Å². The molecule has 10 N–H and O–H groups in total. The number of carboxylic acid groups (broad SMARTS) is 1. The predicted octanol–water partition coefficient (Wildman–Crippen LogP) is -1.88. The summed E-state index contributed by atoms with van der Waals surface area (Å²) in [7, 11) is 0. The van der Waals surface area contributed by atoms with Gasteiger partial charge in [0.1, 0.15) is 12.1 Å². The van der Waals surface area contributed by atoms with Crippen LogP contribution in [-0.2, 0) is 30.4 Å². The van der Waals surface area contributed by atoms with Crippen LogP contribution in [-0.4, -0.2) is 65.9 Å². The van der Waals surface area contributed by atoms with Gasteiger partial charge in [-0.1, -0.05) is 30.3 Å². The molecule has 1 rings (SSSR count). The third-order valence-electron chi connectivity index (χ3n) is 4.95. The van der Waals surface area contributed by atoms with Crippen LogP contribution in [0.2, 0.25) is 0 Å². The first-order valence-corrected chi connectivity index (χ1v) is 11.0. The molecule has 12 heteroatoms. The summed E-state index contributed by atoms with van der Waals surface area (Å²) in [4.78, 5) is 59.6. The Kier molecular flexibility index (Phi) is 12.9. The van der Waals surface area contributed by atoms with E-state index in [0.29, 0.717) is 25.8 Å². The molecule has 12 nitrogen and oxygen atoms in total. The summed E-state index contributed by atoms with van der Waals surface area (Å²) >= 11 is 0. The van der Waals surface area contributed by atoms with Crippen molar-refractivity contribution >= 4 is 29.6 Å². The molecule has 3 unspecified atom stereocenters. The van der Waals surface area contributed by atoms with Gasteiger partial charge in [0.2, 0.25) is 23.6 Å². The summed E-state index contributed by atoms with van der Waals surface area (Å²) < 4.78 is 0. The van der Waals surface area contributed by atoms with Crippen molar-refractivity contribution in [3.05, 3.63) is 35.9 Å². The Balaban J connectivity index is 2.65. The van der Waals surface area contributed by atoms with Crippen molar-refractivity contribution in [1.29, 1.82) is 0 Å². The van der Waals surface area contributed by atoms with Gasteiger partial charge in [-0.15, -0.1) is 0 Å². The normalized spacial score (nSPS) is 13.2. The average molecular weight is 479 g/mol. The van der Waals surface area contributed by atoms with Gasteiger partial charge in [-0.25, -0.2) is 4.79 Å². The van der Waals surface area contributed by atoms with E-state index in [1.807, 2.05) is 30.3 Å². The Labute approximate surface area is 198 Å². The number of carboxylic acids is 1. The molecule has 3 atom stereocenters. The number of unbranched alkanes of at least 4 members (excludes halogenated alkanes) is 1. The number of primary amides is 1. The van der Waals surface area contributed by atoms with Crippen molar-refractivity contribution in [2.75, 3.05) is 13.1 Å². The monoisotopic (exact) mass is 478 g/mol. The molecule has 0 aliphatic carbocycles. The minimum absolute atomic E-state index is 0.185. The van der Waals surface area contributed by atoms with Crippen LogP contribution in [0, 0.1) is 0 Å². The number of hydrogen-bond acceptors (Lipinski definition) is 7. The lowest BCUT2D eigenvalue weighted by Crippen LogP contribution is -2.54. The molecule has 0 aliphatic rings. The number of rotatable bonds is 16. The first-order valence-electron chi connectivity index (χ1n) is 11.0. The van der Waals surface area contributed by atoms with Gasteiger partial charge in [0, 0.05) is 6.42 Å². The molecule has 0 heterocycles. The zero-order valence-electron chi connectivity index (χ0n) is 19.0. The van der Waals surface area contributed by atoms with Crippen LogP contribution in [0.3, 0.4) is 0 Å². The standard InChI is InChI=1S/C22H34N6O6/c23-11-5-4-8-16(21(32)28-17(22(33)34)9-10-18(25)29)27-19(30)13-26-20(31)15(24)12-14-6-2-1-3-7-14/h1-3,6-7,15-17H,4-5,8-13,23-24H2,(H2,25,29)(H,26,31)(H,27,30)(H,28,32)(H,33,34). The van der Waals surface area contributed by atoms with E-state index in [1.165, 1.54) is 0 Å². The van der Waals surface area contributed by atoms with Crippen molar-refractivity contribution in [2.45, 2.75) is 56.7 Å². The van der Waals surface area contributed by atoms with Crippen molar-refractivity contribution in [1.82, 2.24) is 16.0 Å². The van der Waals surface area contributed by atoms with Gasteiger partial charge in [-0.3, -0.25) is 19.2 Å². The number of benzene rings is 1. The minimum Gasteiger partial charge on any atom is -0.480 e. The Morgan fingerprint density at radius 3 is 2.18 bits per heavy atom. The number of nitrogens with one attached hydrogen (secondary N) is 3. The molecule has 188 valence electrons. The Morgan fingerprint density at radius 1 is 0.912 bits per heavy atom. The third kappa shape index (κ3) is 11.4. The highest BCUT2D eigenvalue weighted by molar-refractivity contribution is 5.92. The van der Waals surface area contributed by atoms with E-state index in [1.54, 1.807) is 0 Å². The van der Waals surface area contributed by atoms with Crippen LogP contribution in [0.4, 0.5) is 0 Å². The first kappa shape index (κ1) is 28.5. The number of hydrogen-bond donors (Lipinski definition) is 7. The fourth-order valence-electron chi connectivity index (χ4n) is 3.08. The predicted molar refractivity (Wildman–Crippen MR) is 124 cm³/mol. The SMILES string of the molecule is NCCCCC(NC(=O)CNC(=O)C(N)Cc1ccccc1)C(=O)NC(CCC(N)=O)C(=O)O. The molecule has 1 aromatic rings. The summed E-state index contributed by atoms with van der Waals surface area (Å²) in [5.41, 5.74) is 17.3. The fourth-order valence-corrected chi connectivity index (χ4v) is 3.08. The molecule has 0 spiro atoms. The second-order valence-corrected chi connectivity index (χ2v) is 7.82. The maximum Gasteiger partial charge on any atom is 0.326 e. The number of carbonyl (C=O) groups excluding carboxylic acids is 4. The van der Waals surface area contributed by atoms with Gasteiger partial charge in [0.25, 0.3) is 0 Å². The van der Waals surface area contributed by atoms with Crippen LogP contribution < -0.4 is 33.2 Å². The highest BCUT2D eigenvalue weighted by Gasteiger charge is 2.27. The average Bonchev–Trinajstić information content (AvgIpc) is 2.79. The Morgan fingerprint density at radius 2 is 1.59 bits per heavy atom. The molecule has 0 aliphatic heterocycles. The first-order chi connectivity index (χ1) is 16.1. The van der Waals surface area contributed by atoms with Crippen molar-refractivity contribution in [2.24, 2.45) is 17.2 Å². The Hall–Kier alpha value is -3.51. The molecule has 1 aromatic carbocycles. The minimum atomic E-state index is -1.34. The molecule has 0 bridgehead atoms. The van der Waals surface area contributed by atoms with E-state index in [-0.39, 0.29) is 19.3 Å². The third-order valence-corrected chi connectivity index (χ3v) is 4.95. The lowest BCUT2D eigenvalue weighted by molar-refractivity contribution is -0.142. The molecule has 0 fully saturated rings. The van der Waals surface area contributed by atoms with Crippen LogP contribution in [0.25, 0.3) is 0 Å². The summed E-state index contributed by atoms with van der Waals surface area (Å²) in [5, 5.41) is 16.5. The van der Waals surface area contributed by atoms with Crippen molar-refractivity contribution in [3.63, 3.8) is 0 Å². The highest BCUT2D eigenvalue weighted by atomic mass is 16.4. The topological polar surface area (TPSA) is 220 Å². The van der Waals surface area contributed by atoms with Gasteiger partial charge in [-0.05, 0) is 44.2 Å². The second-order valence-electron chi connectivity index (χ2n) is 7.82. The summed E-state index contributed by atoms with van der Waals surface area (Å²) in [6.07, 6.45) is 1.18. The largest absolute Gasteiger partial charge is 0.480 e. The summed E-state index contributed by atoms with van der Waals surface area (Å²) in [5.74, 6) is -3.93. The summed E-state index contributed by atoms with van der Waals surface area (Å²) in [6.45, 7) is -0.0277. The van der Waals surface area contributed by atoms with Gasteiger partial charge in [0.05, 0.1) is 12.6 Å². The molecule has 0 saturated heterocycles. The lowest BCUT2D eigenvalue weighted by atomic mass is 10.1.